The maximum Gasteiger partial charge on any atom is 0.254 e. The van der Waals surface area contributed by atoms with E-state index in [9.17, 15) is 14.4 Å². The summed E-state index contributed by atoms with van der Waals surface area (Å²) in [6.07, 6.45) is 1.44. The average molecular weight is 345 g/mol. The van der Waals surface area contributed by atoms with E-state index in [1.807, 2.05) is 32.0 Å². The maximum absolute atomic E-state index is 12.8. The zero-order valence-corrected chi connectivity index (χ0v) is 15.3. The Morgan fingerprint density at radius 1 is 1.12 bits per heavy atom. The summed E-state index contributed by atoms with van der Waals surface area (Å²) in [6.45, 7) is 5.70. The van der Waals surface area contributed by atoms with Crippen LogP contribution in [0.3, 0.4) is 0 Å². The number of carbonyl (C=O) groups excluding carboxylic acids is 3. The number of benzene rings is 1. The highest BCUT2D eigenvalue weighted by atomic mass is 16.2. The molecule has 0 saturated carbocycles. The second kappa shape index (κ2) is 8.65. The normalized spacial score (nSPS) is 16.6. The smallest absolute Gasteiger partial charge is 0.254 e. The third-order valence-corrected chi connectivity index (χ3v) is 4.68. The van der Waals surface area contributed by atoms with Gasteiger partial charge in [-0.1, -0.05) is 18.2 Å². The Hall–Kier alpha value is -2.37. The summed E-state index contributed by atoms with van der Waals surface area (Å²) in [6, 6.07) is 8.52. The lowest BCUT2D eigenvalue weighted by Gasteiger charge is -2.29. The molecule has 0 bridgehead atoms. The van der Waals surface area contributed by atoms with Gasteiger partial charge in [0.15, 0.2) is 0 Å². The molecule has 1 heterocycles. The molecular formula is C19H27N3O3. The van der Waals surface area contributed by atoms with Gasteiger partial charge in [-0.15, -0.1) is 0 Å². The van der Waals surface area contributed by atoms with Gasteiger partial charge < -0.3 is 14.7 Å². The number of hydrogen-bond acceptors (Lipinski definition) is 3. The van der Waals surface area contributed by atoms with Crippen LogP contribution in [0, 0.1) is 0 Å². The molecule has 6 nitrogen and oxygen atoms in total. The molecule has 1 aromatic rings. The lowest BCUT2D eigenvalue weighted by molar-refractivity contribution is -0.141. The van der Waals surface area contributed by atoms with Crippen LogP contribution in [0.5, 0.6) is 0 Å². The van der Waals surface area contributed by atoms with Gasteiger partial charge in [-0.25, -0.2) is 0 Å². The maximum atomic E-state index is 12.8. The summed E-state index contributed by atoms with van der Waals surface area (Å²) in [5.41, 5.74) is 0.587. The van der Waals surface area contributed by atoms with Crippen LogP contribution in [0.15, 0.2) is 30.3 Å². The molecule has 1 aliphatic heterocycles. The van der Waals surface area contributed by atoms with E-state index in [0.29, 0.717) is 31.6 Å². The zero-order valence-electron chi connectivity index (χ0n) is 15.3. The Kier molecular flexibility index (Phi) is 6.56. The predicted molar refractivity (Wildman–Crippen MR) is 96.1 cm³/mol. The molecule has 3 amide bonds. The second-order valence-corrected chi connectivity index (χ2v) is 6.28. The summed E-state index contributed by atoms with van der Waals surface area (Å²) in [5.74, 6) is -0.359. The molecule has 6 heteroatoms. The summed E-state index contributed by atoms with van der Waals surface area (Å²) in [5, 5.41) is 0. The monoisotopic (exact) mass is 345 g/mol. The fourth-order valence-electron chi connectivity index (χ4n) is 3.22. The van der Waals surface area contributed by atoms with Crippen molar-refractivity contribution in [3.63, 3.8) is 0 Å². The molecule has 0 N–H and O–H groups in total. The number of likely N-dealkylation sites (tertiary alicyclic amines) is 1. The van der Waals surface area contributed by atoms with Crippen LogP contribution in [-0.2, 0) is 9.59 Å². The van der Waals surface area contributed by atoms with Gasteiger partial charge in [-0.3, -0.25) is 14.4 Å². The van der Waals surface area contributed by atoms with E-state index >= 15 is 0 Å². The number of hydrogen-bond donors (Lipinski definition) is 0. The number of carbonyl (C=O) groups is 3. The van der Waals surface area contributed by atoms with Crippen molar-refractivity contribution in [1.82, 2.24) is 14.7 Å². The van der Waals surface area contributed by atoms with Crippen LogP contribution in [0.2, 0.25) is 0 Å². The Morgan fingerprint density at radius 3 is 2.36 bits per heavy atom. The lowest BCUT2D eigenvalue weighted by atomic mass is 10.1. The van der Waals surface area contributed by atoms with Gasteiger partial charge in [0.05, 0.1) is 6.54 Å². The summed E-state index contributed by atoms with van der Waals surface area (Å²) < 4.78 is 0. The highest BCUT2D eigenvalue weighted by Gasteiger charge is 2.36. The molecule has 0 aliphatic carbocycles. The summed E-state index contributed by atoms with van der Waals surface area (Å²) in [4.78, 5) is 42.5. The molecule has 0 radical (unpaired) electrons. The minimum Gasteiger partial charge on any atom is -0.342 e. The molecule has 1 atom stereocenters. The van der Waals surface area contributed by atoms with Crippen molar-refractivity contribution in [2.75, 3.05) is 33.2 Å². The second-order valence-electron chi connectivity index (χ2n) is 6.28. The van der Waals surface area contributed by atoms with Crippen molar-refractivity contribution in [1.29, 1.82) is 0 Å². The van der Waals surface area contributed by atoms with Gasteiger partial charge in [0.25, 0.3) is 5.91 Å². The van der Waals surface area contributed by atoms with Crippen molar-refractivity contribution >= 4 is 17.7 Å². The van der Waals surface area contributed by atoms with E-state index in [0.717, 1.165) is 6.42 Å². The van der Waals surface area contributed by atoms with E-state index in [-0.39, 0.29) is 24.3 Å². The van der Waals surface area contributed by atoms with Gasteiger partial charge in [0.2, 0.25) is 11.8 Å². The Morgan fingerprint density at radius 2 is 1.76 bits per heavy atom. The molecule has 1 fully saturated rings. The fraction of sp³-hybridized carbons (Fsp3) is 0.526. The first-order valence-corrected chi connectivity index (χ1v) is 8.88. The van der Waals surface area contributed by atoms with Crippen LogP contribution in [0.4, 0.5) is 0 Å². The van der Waals surface area contributed by atoms with Crippen molar-refractivity contribution in [3.8, 4) is 0 Å². The first kappa shape index (κ1) is 19.0. The molecule has 2 rings (SSSR count). The van der Waals surface area contributed by atoms with Crippen molar-refractivity contribution in [2.45, 2.75) is 32.7 Å². The van der Waals surface area contributed by atoms with E-state index in [1.54, 1.807) is 29.0 Å². The third-order valence-electron chi connectivity index (χ3n) is 4.68. The first-order chi connectivity index (χ1) is 12.0. The fourth-order valence-corrected chi connectivity index (χ4v) is 3.22. The standard InChI is InChI=1S/C19H27N3O3/c1-4-21(5-2)17(23)14-20(3)19(25)16-12-9-13-22(16)18(24)15-10-7-6-8-11-15/h6-8,10-11,16H,4-5,9,12-14H2,1-3H3. The predicted octanol–water partition coefficient (Wildman–Crippen LogP) is 1.62. The van der Waals surface area contributed by atoms with E-state index in [4.69, 9.17) is 0 Å². The van der Waals surface area contributed by atoms with Gasteiger partial charge in [0.1, 0.15) is 6.04 Å². The largest absolute Gasteiger partial charge is 0.342 e. The average Bonchev–Trinajstić information content (AvgIpc) is 3.11. The quantitative estimate of drug-likeness (QED) is 0.787. The molecule has 1 saturated heterocycles. The summed E-state index contributed by atoms with van der Waals surface area (Å²) in [7, 11) is 1.63. The van der Waals surface area contributed by atoms with Crippen LogP contribution in [0.25, 0.3) is 0 Å². The first-order valence-electron chi connectivity index (χ1n) is 8.88. The number of nitrogens with zero attached hydrogens (tertiary/aromatic N) is 3. The van der Waals surface area contributed by atoms with E-state index in [1.165, 1.54) is 4.90 Å². The van der Waals surface area contributed by atoms with E-state index < -0.39 is 6.04 Å². The third kappa shape index (κ3) is 4.38. The van der Waals surface area contributed by atoms with Crippen LogP contribution >= 0.6 is 0 Å². The van der Waals surface area contributed by atoms with Crippen molar-refractivity contribution < 1.29 is 14.4 Å². The van der Waals surface area contributed by atoms with Gasteiger partial charge in [-0.05, 0) is 38.8 Å². The van der Waals surface area contributed by atoms with Gasteiger partial charge in [-0.2, -0.15) is 0 Å². The topological polar surface area (TPSA) is 60.9 Å². The molecule has 136 valence electrons. The molecule has 25 heavy (non-hydrogen) atoms. The van der Waals surface area contributed by atoms with Crippen LogP contribution < -0.4 is 0 Å². The lowest BCUT2D eigenvalue weighted by Crippen LogP contribution is -2.49. The summed E-state index contributed by atoms with van der Waals surface area (Å²) >= 11 is 0. The van der Waals surface area contributed by atoms with Crippen LogP contribution in [0.1, 0.15) is 37.0 Å². The Bertz CT molecular complexity index is 614. The molecule has 1 unspecified atom stereocenters. The highest BCUT2D eigenvalue weighted by Crippen LogP contribution is 2.21. The number of amides is 3. The molecule has 1 aliphatic rings. The van der Waals surface area contributed by atoms with Crippen molar-refractivity contribution in [3.05, 3.63) is 35.9 Å². The Labute approximate surface area is 149 Å². The number of likely N-dealkylation sites (N-methyl/N-ethyl adjacent to an activating group) is 2. The molecule has 1 aromatic carbocycles. The molecule has 0 spiro atoms. The van der Waals surface area contributed by atoms with E-state index in [2.05, 4.69) is 0 Å². The number of rotatable bonds is 6. The van der Waals surface area contributed by atoms with Gasteiger partial charge >= 0.3 is 0 Å². The SMILES string of the molecule is CCN(CC)C(=O)CN(C)C(=O)C1CCCN1C(=O)c1ccccc1. The molecule has 0 aromatic heterocycles. The highest BCUT2D eigenvalue weighted by molar-refractivity contribution is 5.98. The zero-order chi connectivity index (χ0) is 18.4. The minimum atomic E-state index is -0.484. The van der Waals surface area contributed by atoms with Crippen molar-refractivity contribution in [2.24, 2.45) is 0 Å². The van der Waals surface area contributed by atoms with Crippen LogP contribution in [-0.4, -0.2) is 71.7 Å². The van der Waals surface area contributed by atoms with Gasteiger partial charge in [0, 0.05) is 32.2 Å². The Balaban J connectivity index is 2.04. The molecular weight excluding hydrogens is 318 g/mol. The minimum absolute atomic E-state index is 0.0460.